The van der Waals surface area contributed by atoms with Crippen LogP contribution in [-0.2, 0) is 6.42 Å². The van der Waals surface area contributed by atoms with Crippen molar-refractivity contribution < 1.29 is 9.47 Å². The highest BCUT2D eigenvalue weighted by atomic mass is 127. The van der Waals surface area contributed by atoms with Gasteiger partial charge < -0.3 is 14.8 Å². The number of hydrogen-bond donors (Lipinski definition) is 1. The minimum absolute atomic E-state index is 0.765. The van der Waals surface area contributed by atoms with Crippen molar-refractivity contribution in [2.45, 2.75) is 6.42 Å². The standard InChI is InChI=1S/C19H18IN3O2/c1-24-15-4-3-5-16(25-2)17(15)18-14-10-11-21-19(14)23(22-18)13-8-6-12(20)7-9-13/h3-9,21H,10-11H2,1-2H3. The van der Waals surface area contributed by atoms with Crippen molar-refractivity contribution in [3.63, 3.8) is 0 Å². The molecule has 0 unspecified atom stereocenters. The fraction of sp³-hybridized carbons (Fsp3) is 0.211. The van der Waals surface area contributed by atoms with E-state index in [0.717, 1.165) is 47.2 Å². The molecular weight excluding hydrogens is 429 g/mol. The minimum atomic E-state index is 0.765. The van der Waals surface area contributed by atoms with Gasteiger partial charge in [0.1, 0.15) is 23.0 Å². The molecule has 0 saturated carbocycles. The molecule has 0 radical (unpaired) electrons. The molecule has 0 fully saturated rings. The second kappa shape index (κ2) is 6.59. The van der Waals surface area contributed by atoms with Crippen LogP contribution in [0.4, 0.5) is 5.82 Å². The molecule has 1 aliphatic rings. The van der Waals surface area contributed by atoms with Gasteiger partial charge >= 0.3 is 0 Å². The van der Waals surface area contributed by atoms with Crippen molar-refractivity contribution in [3.8, 4) is 28.4 Å². The Hall–Kier alpha value is -2.22. The lowest BCUT2D eigenvalue weighted by Gasteiger charge is -2.12. The summed E-state index contributed by atoms with van der Waals surface area (Å²) in [6, 6.07) is 14.1. The highest BCUT2D eigenvalue weighted by Gasteiger charge is 2.27. The summed E-state index contributed by atoms with van der Waals surface area (Å²) in [6.07, 6.45) is 0.927. The lowest BCUT2D eigenvalue weighted by molar-refractivity contribution is 0.397. The molecule has 2 heterocycles. The summed E-state index contributed by atoms with van der Waals surface area (Å²) in [5, 5.41) is 8.37. The first kappa shape index (κ1) is 16.3. The number of nitrogens with zero attached hydrogens (tertiary/aromatic N) is 2. The number of benzene rings is 2. The quantitative estimate of drug-likeness (QED) is 0.612. The SMILES string of the molecule is COc1cccc(OC)c1-c1nn(-c2ccc(I)cc2)c2c1CCN2. The van der Waals surface area contributed by atoms with Crippen LogP contribution >= 0.6 is 22.6 Å². The van der Waals surface area contributed by atoms with Gasteiger partial charge in [-0.1, -0.05) is 6.07 Å². The van der Waals surface area contributed by atoms with E-state index in [-0.39, 0.29) is 0 Å². The van der Waals surface area contributed by atoms with E-state index >= 15 is 0 Å². The lowest BCUT2D eigenvalue weighted by Crippen LogP contribution is -2.04. The zero-order chi connectivity index (χ0) is 17.4. The van der Waals surface area contributed by atoms with Crippen molar-refractivity contribution in [1.82, 2.24) is 9.78 Å². The van der Waals surface area contributed by atoms with Crippen LogP contribution in [0.2, 0.25) is 0 Å². The number of hydrogen-bond acceptors (Lipinski definition) is 4. The Morgan fingerprint density at radius 1 is 1.04 bits per heavy atom. The van der Waals surface area contributed by atoms with Gasteiger partial charge in [-0.2, -0.15) is 5.10 Å². The van der Waals surface area contributed by atoms with Gasteiger partial charge in [0.05, 0.1) is 25.5 Å². The zero-order valence-corrected chi connectivity index (χ0v) is 16.2. The maximum absolute atomic E-state index is 5.58. The van der Waals surface area contributed by atoms with Crippen LogP contribution < -0.4 is 14.8 Å². The van der Waals surface area contributed by atoms with Crippen molar-refractivity contribution in [2.75, 3.05) is 26.1 Å². The summed E-state index contributed by atoms with van der Waals surface area (Å²) in [7, 11) is 3.35. The Bertz CT molecular complexity index is 897. The fourth-order valence-corrected chi connectivity index (χ4v) is 3.59. The second-order valence-electron chi connectivity index (χ2n) is 5.78. The number of rotatable bonds is 4. The van der Waals surface area contributed by atoms with Crippen LogP contribution in [0.25, 0.3) is 16.9 Å². The van der Waals surface area contributed by atoms with E-state index in [1.165, 1.54) is 9.13 Å². The molecule has 128 valence electrons. The molecule has 0 bridgehead atoms. The van der Waals surface area contributed by atoms with Crippen LogP contribution in [0.3, 0.4) is 0 Å². The van der Waals surface area contributed by atoms with Gasteiger partial charge in [0, 0.05) is 15.7 Å². The predicted molar refractivity (Wildman–Crippen MR) is 107 cm³/mol. The topological polar surface area (TPSA) is 48.3 Å². The van der Waals surface area contributed by atoms with Gasteiger partial charge in [-0.05, 0) is 65.4 Å². The first-order valence-corrected chi connectivity index (χ1v) is 9.14. The van der Waals surface area contributed by atoms with Crippen LogP contribution in [-0.4, -0.2) is 30.5 Å². The number of anilines is 1. The van der Waals surface area contributed by atoms with Crippen LogP contribution in [0, 0.1) is 3.57 Å². The van der Waals surface area contributed by atoms with Crippen LogP contribution in [0.1, 0.15) is 5.56 Å². The summed E-state index contributed by atoms with van der Waals surface area (Å²) in [5.74, 6) is 2.58. The third-order valence-electron chi connectivity index (χ3n) is 4.39. The molecule has 25 heavy (non-hydrogen) atoms. The van der Waals surface area contributed by atoms with E-state index in [4.69, 9.17) is 14.6 Å². The molecule has 6 heteroatoms. The molecule has 0 amide bonds. The number of fused-ring (bicyclic) bond motifs is 1. The van der Waals surface area contributed by atoms with E-state index in [1.807, 2.05) is 22.9 Å². The molecule has 5 nitrogen and oxygen atoms in total. The summed E-state index contributed by atoms with van der Waals surface area (Å²) in [5.41, 5.74) is 4.04. The smallest absolute Gasteiger partial charge is 0.133 e. The van der Waals surface area contributed by atoms with E-state index in [9.17, 15) is 0 Å². The van der Waals surface area contributed by atoms with Gasteiger partial charge in [-0.15, -0.1) is 0 Å². The number of nitrogens with one attached hydrogen (secondary N) is 1. The van der Waals surface area contributed by atoms with Crippen LogP contribution in [0.5, 0.6) is 11.5 Å². The van der Waals surface area contributed by atoms with E-state index in [0.29, 0.717) is 0 Å². The first-order valence-electron chi connectivity index (χ1n) is 8.06. The Balaban J connectivity index is 1.94. The normalized spacial score (nSPS) is 12.6. The predicted octanol–water partition coefficient (Wildman–Crippen LogP) is 4.13. The monoisotopic (exact) mass is 447 g/mol. The lowest BCUT2D eigenvalue weighted by atomic mass is 10.0. The molecule has 4 rings (SSSR count). The molecular formula is C19H18IN3O2. The molecule has 2 aromatic carbocycles. The van der Waals surface area contributed by atoms with E-state index < -0.39 is 0 Å². The van der Waals surface area contributed by atoms with Gasteiger partial charge in [0.2, 0.25) is 0 Å². The van der Waals surface area contributed by atoms with Gasteiger partial charge in [0.15, 0.2) is 0 Å². The van der Waals surface area contributed by atoms with Crippen molar-refractivity contribution >= 4 is 28.4 Å². The van der Waals surface area contributed by atoms with Crippen LogP contribution in [0.15, 0.2) is 42.5 Å². The molecule has 0 atom stereocenters. The number of halogens is 1. The summed E-state index contributed by atoms with van der Waals surface area (Å²) in [4.78, 5) is 0. The Morgan fingerprint density at radius 2 is 1.72 bits per heavy atom. The number of aromatic nitrogens is 2. The maximum Gasteiger partial charge on any atom is 0.133 e. The van der Waals surface area contributed by atoms with Gasteiger partial charge in [-0.25, -0.2) is 4.68 Å². The molecule has 1 aromatic heterocycles. The largest absolute Gasteiger partial charge is 0.496 e. The van der Waals surface area contributed by atoms with Gasteiger partial charge in [-0.3, -0.25) is 0 Å². The Kier molecular flexibility index (Phi) is 4.29. The van der Waals surface area contributed by atoms with Crippen molar-refractivity contribution in [1.29, 1.82) is 0 Å². The third kappa shape index (κ3) is 2.74. The fourth-order valence-electron chi connectivity index (χ4n) is 3.23. The highest BCUT2D eigenvalue weighted by molar-refractivity contribution is 14.1. The second-order valence-corrected chi connectivity index (χ2v) is 7.02. The molecule has 1 N–H and O–H groups in total. The molecule has 3 aromatic rings. The Labute approximate surface area is 160 Å². The first-order chi connectivity index (χ1) is 12.2. The molecule has 0 spiro atoms. The number of ether oxygens (including phenoxy) is 2. The minimum Gasteiger partial charge on any atom is -0.496 e. The summed E-state index contributed by atoms with van der Waals surface area (Å²) < 4.78 is 14.3. The van der Waals surface area contributed by atoms with E-state index in [1.54, 1.807) is 14.2 Å². The average molecular weight is 447 g/mol. The molecule has 0 aliphatic carbocycles. The average Bonchev–Trinajstić information content (AvgIpc) is 3.24. The molecule has 0 saturated heterocycles. The van der Waals surface area contributed by atoms with Crippen molar-refractivity contribution in [2.24, 2.45) is 0 Å². The summed E-state index contributed by atoms with van der Waals surface area (Å²) in [6.45, 7) is 0.905. The third-order valence-corrected chi connectivity index (χ3v) is 5.11. The maximum atomic E-state index is 5.58. The summed E-state index contributed by atoms with van der Waals surface area (Å²) >= 11 is 2.31. The zero-order valence-electron chi connectivity index (χ0n) is 14.0. The molecule has 1 aliphatic heterocycles. The van der Waals surface area contributed by atoms with Crippen molar-refractivity contribution in [3.05, 3.63) is 51.6 Å². The highest BCUT2D eigenvalue weighted by Crippen LogP contribution is 2.43. The number of methoxy groups -OCH3 is 2. The van der Waals surface area contributed by atoms with E-state index in [2.05, 4.69) is 52.2 Å². The Morgan fingerprint density at radius 3 is 2.36 bits per heavy atom. The van der Waals surface area contributed by atoms with Gasteiger partial charge in [0.25, 0.3) is 0 Å².